The van der Waals surface area contributed by atoms with Crippen LogP contribution in [0.25, 0.3) is 0 Å². The highest BCUT2D eigenvalue weighted by Crippen LogP contribution is 2.05. The minimum atomic E-state index is -0.468. The largest absolute Gasteiger partial charge is 0.370 e. The number of primary amides is 1. The third-order valence-corrected chi connectivity index (χ3v) is 2.08. The summed E-state index contributed by atoms with van der Waals surface area (Å²) in [5.41, 5.74) is 11.0. The lowest BCUT2D eigenvalue weighted by Crippen LogP contribution is -2.20. The van der Waals surface area contributed by atoms with Crippen LogP contribution in [0.1, 0.15) is 17.3 Å². The molecule has 1 heterocycles. The van der Waals surface area contributed by atoms with Crippen molar-refractivity contribution in [3.63, 3.8) is 0 Å². The van der Waals surface area contributed by atoms with Crippen molar-refractivity contribution < 1.29 is 4.79 Å². The fourth-order valence-corrected chi connectivity index (χ4v) is 1.01. The van der Waals surface area contributed by atoms with E-state index in [1.54, 1.807) is 12.1 Å². The Labute approximate surface area is 88.9 Å². The first-order valence-electron chi connectivity index (χ1n) is 4.83. The topological polar surface area (TPSA) is 94.0 Å². The summed E-state index contributed by atoms with van der Waals surface area (Å²) in [5.74, 6) is 0.646. The number of anilines is 1. The molecule has 1 aromatic heterocycles. The molecule has 0 aliphatic rings. The number of aromatic nitrogens is 1. The van der Waals surface area contributed by atoms with Crippen molar-refractivity contribution in [1.82, 2.24) is 4.98 Å². The molecule has 0 aromatic carbocycles. The van der Waals surface area contributed by atoms with Gasteiger partial charge in [0.05, 0.1) is 5.56 Å². The number of carbonyl (C=O) groups excluding carboxylic acids is 1. The van der Waals surface area contributed by atoms with Crippen molar-refractivity contribution in [3.8, 4) is 0 Å². The first-order valence-corrected chi connectivity index (χ1v) is 4.83. The molecule has 1 rings (SSSR count). The van der Waals surface area contributed by atoms with E-state index in [2.05, 4.69) is 10.3 Å². The Morgan fingerprint density at radius 1 is 1.60 bits per heavy atom. The number of carbonyl (C=O) groups is 1. The summed E-state index contributed by atoms with van der Waals surface area (Å²) >= 11 is 0. The van der Waals surface area contributed by atoms with E-state index in [0.717, 1.165) is 12.4 Å². The Balaban J connectivity index is 2.53. The monoisotopic (exact) mass is 208 g/mol. The van der Waals surface area contributed by atoms with Crippen LogP contribution in [0.2, 0.25) is 0 Å². The van der Waals surface area contributed by atoms with Crippen LogP contribution in [-0.2, 0) is 0 Å². The molecule has 0 aliphatic carbocycles. The Morgan fingerprint density at radius 2 is 2.33 bits per heavy atom. The molecule has 1 amide bonds. The molecule has 0 saturated heterocycles. The van der Waals surface area contributed by atoms with E-state index < -0.39 is 5.91 Å². The molecule has 0 bridgehead atoms. The standard InChI is InChI=1S/C10H16N4O/c1-7(4-11)5-13-9-3-2-8(6-14-9)10(12)15/h2-3,6-7H,4-5,11H2,1H3,(H2,12,15)(H,13,14). The zero-order valence-electron chi connectivity index (χ0n) is 8.73. The minimum absolute atomic E-state index is 0.391. The van der Waals surface area contributed by atoms with E-state index >= 15 is 0 Å². The highest BCUT2D eigenvalue weighted by molar-refractivity contribution is 5.92. The molecule has 5 nitrogen and oxygen atoms in total. The maximum atomic E-state index is 10.8. The molecule has 1 unspecified atom stereocenters. The number of nitrogens with two attached hydrogens (primary N) is 2. The van der Waals surface area contributed by atoms with Gasteiger partial charge in [-0.05, 0) is 24.6 Å². The fraction of sp³-hybridized carbons (Fsp3) is 0.400. The van der Waals surface area contributed by atoms with E-state index in [1.807, 2.05) is 6.92 Å². The molecular weight excluding hydrogens is 192 g/mol. The number of amides is 1. The second-order valence-corrected chi connectivity index (χ2v) is 3.52. The van der Waals surface area contributed by atoms with Crippen molar-refractivity contribution >= 4 is 11.7 Å². The van der Waals surface area contributed by atoms with Crippen LogP contribution in [0.5, 0.6) is 0 Å². The van der Waals surface area contributed by atoms with Crippen molar-refractivity contribution in [2.45, 2.75) is 6.92 Å². The van der Waals surface area contributed by atoms with Gasteiger partial charge in [0.25, 0.3) is 0 Å². The first kappa shape index (κ1) is 11.5. The van der Waals surface area contributed by atoms with Crippen LogP contribution >= 0.6 is 0 Å². The minimum Gasteiger partial charge on any atom is -0.370 e. The maximum Gasteiger partial charge on any atom is 0.250 e. The molecule has 0 fully saturated rings. The van der Waals surface area contributed by atoms with Gasteiger partial charge in [-0.1, -0.05) is 6.92 Å². The quantitative estimate of drug-likeness (QED) is 0.643. The summed E-state index contributed by atoms with van der Waals surface area (Å²) in [6, 6.07) is 3.37. The molecular formula is C10H16N4O. The Morgan fingerprint density at radius 3 is 2.80 bits per heavy atom. The average molecular weight is 208 g/mol. The summed E-state index contributed by atoms with van der Waals surface area (Å²) in [6.07, 6.45) is 1.46. The molecule has 0 radical (unpaired) electrons. The van der Waals surface area contributed by atoms with Gasteiger partial charge >= 0.3 is 0 Å². The second-order valence-electron chi connectivity index (χ2n) is 3.52. The number of nitrogens with one attached hydrogen (secondary N) is 1. The first-order chi connectivity index (χ1) is 7.13. The van der Waals surface area contributed by atoms with Gasteiger partial charge in [0.15, 0.2) is 0 Å². The zero-order valence-corrected chi connectivity index (χ0v) is 8.73. The van der Waals surface area contributed by atoms with Crippen molar-refractivity contribution in [2.75, 3.05) is 18.4 Å². The number of nitrogens with zero attached hydrogens (tertiary/aromatic N) is 1. The molecule has 5 heteroatoms. The molecule has 0 spiro atoms. The summed E-state index contributed by atoms with van der Waals surface area (Å²) in [5, 5.41) is 3.12. The van der Waals surface area contributed by atoms with E-state index in [9.17, 15) is 4.79 Å². The lowest BCUT2D eigenvalue weighted by Gasteiger charge is -2.10. The van der Waals surface area contributed by atoms with Crippen LogP contribution in [-0.4, -0.2) is 24.0 Å². The van der Waals surface area contributed by atoms with Crippen molar-refractivity contribution in [3.05, 3.63) is 23.9 Å². The molecule has 1 atom stereocenters. The normalized spacial score (nSPS) is 12.1. The van der Waals surface area contributed by atoms with Crippen LogP contribution in [0.3, 0.4) is 0 Å². The molecule has 0 aliphatic heterocycles. The fourth-order valence-electron chi connectivity index (χ4n) is 1.01. The zero-order chi connectivity index (χ0) is 11.3. The molecule has 1 aromatic rings. The lowest BCUT2D eigenvalue weighted by molar-refractivity contribution is 0.1000. The van der Waals surface area contributed by atoms with Crippen molar-refractivity contribution in [2.24, 2.45) is 17.4 Å². The third kappa shape index (κ3) is 3.55. The molecule has 0 saturated carbocycles. The van der Waals surface area contributed by atoms with Gasteiger partial charge in [-0.3, -0.25) is 4.79 Å². The molecule has 82 valence electrons. The number of rotatable bonds is 5. The van der Waals surface area contributed by atoms with Crippen LogP contribution in [0.15, 0.2) is 18.3 Å². The van der Waals surface area contributed by atoms with Gasteiger partial charge in [-0.2, -0.15) is 0 Å². The van der Waals surface area contributed by atoms with E-state index in [1.165, 1.54) is 6.20 Å². The number of hydrogen-bond acceptors (Lipinski definition) is 4. The third-order valence-electron chi connectivity index (χ3n) is 2.08. The highest BCUT2D eigenvalue weighted by Gasteiger charge is 2.02. The molecule has 15 heavy (non-hydrogen) atoms. The Bertz CT molecular complexity index is 323. The summed E-state index contributed by atoms with van der Waals surface area (Å²) in [4.78, 5) is 14.8. The van der Waals surface area contributed by atoms with Crippen molar-refractivity contribution in [1.29, 1.82) is 0 Å². The Kier molecular flexibility index (Phi) is 4.05. The lowest BCUT2D eigenvalue weighted by atomic mass is 10.2. The second kappa shape index (κ2) is 5.31. The molecule has 5 N–H and O–H groups in total. The van der Waals surface area contributed by atoms with Gasteiger partial charge in [-0.25, -0.2) is 4.98 Å². The van der Waals surface area contributed by atoms with Gasteiger partial charge in [0.1, 0.15) is 5.82 Å². The summed E-state index contributed by atoms with van der Waals surface area (Å²) < 4.78 is 0. The van der Waals surface area contributed by atoms with E-state index in [-0.39, 0.29) is 0 Å². The average Bonchev–Trinajstić information content (AvgIpc) is 2.26. The Hall–Kier alpha value is -1.62. The van der Waals surface area contributed by atoms with Gasteiger partial charge < -0.3 is 16.8 Å². The van der Waals surface area contributed by atoms with Gasteiger partial charge in [0.2, 0.25) is 5.91 Å². The smallest absolute Gasteiger partial charge is 0.250 e. The van der Waals surface area contributed by atoms with Crippen LogP contribution < -0.4 is 16.8 Å². The predicted molar refractivity (Wildman–Crippen MR) is 59.5 cm³/mol. The van der Waals surface area contributed by atoms with Crippen LogP contribution in [0.4, 0.5) is 5.82 Å². The van der Waals surface area contributed by atoms with Crippen LogP contribution in [0, 0.1) is 5.92 Å². The predicted octanol–water partition coefficient (Wildman–Crippen LogP) is 0.187. The summed E-state index contributed by atoms with van der Waals surface area (Å²) in [7, 11) is 0. The van der Waals surface area contributed by atoms with Gasteiger partial charge in [-0.15, -0.1) is 0 Å². The summed E-state index contributed by atoms with van der Waals surface area (Å²) in [6.45, 7) is 3.44. The van der Waals surface area contributed by atoms with Gasteiger partial charge in [0, 0.05) is 12.7 Å². The van der Waals surface area contributed by atoms with E-state index in [0.29, 0.717) is 18.0 Å². The number of hydrogen-bond donors (Lipinski definition) is 3. The maximum absolute atomic E-state index is 10.8. The number of pyridine rings is 1. The SMILES string of the molecule is CC(CN)CNc1ccc(C(N)=O)cn1. The van der Waals surface area contributed by atoms with E-state index in [4.69, 9.17) is 11.5 Å². The highest BCUT2D eigenvalue weighted by atomic mass is 16.1.